The van der Waals surface area contributed by atoms with E-state index in [1.807, 2.05) is 24.3 Å². The van der Waals surface area contributed by atoms with Gasteiger partial charge in [0, 0.05) is 12.3 Å². The third-order valence-electron chi connectivity index (χ3n) is 4.80. The molecule has 2 aromatic carbocycles. The summed E-state index contributed by atoms with van der Waals surface area (Å²) in [5, 5.41) is 12.4. The van der Waals surface area contributed by atoms with Crippen molar-refractivity contribution in [1.29, 1.82) is 0 Å². The molecule has 1 unspecified atom stereocenters. The van der Waals surface area contributed by atoms with Gasteiger partial charge in [0.2, 0.25) is 11.7 Å². The maximum atomic E-state index is 12.8. The summed E-state index contributed by atoms with van der Waals surface area (Å²) in [5.74, 6) is 0.418. The molecular formula is C19H14N4O3. The molecular weight excluding hydrogens is 332 g/mol. The number of nitrogens with one attached hydrogen (secondary N) is 2. The van der Waals surface area contributed by atoms with Gasteiger partial charge in [-0.05, 0) is 29.8 Å². The number of phenolic OH excluding ortho intramolecular Hbond substituents is 1. The molecule has 0 saturated heterocycles. The third-order valence-corrected chi connectivity index (χ3v) is 4.80. The lowest BCUT2D eigenvalue weighted by Gasteiger charge is -2.25. The van der Waals surface area contributed by atoms with E-state index in [0.29, 0.717) is 17.2 Å². The van der Waals surface area contributed by atoms with Crippen molar-refractivity contribution < 1.29 is 9.90 Å². The number of hydrogen-bond acceptors (Lipinski definition) is 4. The first-order valence-corrected chi connectivity index (χ1v) is 8.24. The molecule has 0 saturated carbocycles. The Bertz CT molecular complexity index is 1240. The highest BCUT2D eigenvalue weighted by Gasteiger charge is 2.32. The number of aromatic hydroxyl groups is 1. The summed E-state index contributed by atoms with van der Waals surface area (Å²) in [4.78, 5) is 32.5. The second kappa shape index (κ2) is 5.19. The maximum Gasteiger partial charge on any atom is 0.258 e. The maximum absolute atomic E-state index is 12.8. The SMILES string of the molecule is O=C1CC(c2ccc(O)cc2)c2c(n3c(nc4ccccc43)[nH]c2=O)N1. The molecule has 0 radical (unpaired) electrons. The predicted octanol–water partition coefficient (Wildman–Crippen LogP) is 2.36. The minimum Gasteiger partial charge on any atom is -0.508 e. The average Bonchev–Trinajstić information content (AvgIpc) is 2.99. The van der Waals surface area contributed by atoms with Crippen molar-refractivity contribution in [3.05, 3.63) is 70.0 Å². The smallest absolute Gasteiger partial charge is 0.258 e. The molecule has 1 atom stereocenters. The topological polar surface area (TPSA) is 99.5 Å². The van der Waals surface area contributed by atoms with Gasteiger partial charge in [0.25, 0.3) is 5.56 Å². The first-order chi connectivity index (χ1) is 12.6. The number of rotatable bonds is 1. The molecule has 0 fully saturated rings. The van der Waals surface area contributed by atoms with Crippen molar-refractivity contribution in [3.8, 4) is 5.75 Å². The molecule has 3 heterocycles. The van der Waals surface area contributed by atoms with Gasteiger partial charge in [-0.25, -0.2) is 4.98 Å². The summed E-state index contributed by atoms with van der Waals surface area (Å²) in [5.41, 5.74) is 2.55. The van der Waals surface area contributed by atoms with E-state index in [-0.39, 0.29) is 23.6 Å². The summed E-state index contributed by atoms with van der Waals surface area (Å²) in [6.07, 6.45) is 0.166. The van der Waals surface area contributed by atoms with Crippen LogP contribution in [0.2, 0.25) is 0 Å². The van der Waals surface area contributed by atoms with E-state index in [4.69, 9.17) is 0 Å². The van der Waals surface area contributed by atoms with E-state index in [1.165, 1.54) is 0 Å². The number of H-pyrrole nitrogens is 1. The van der Waals surface area contributed by atoms with Gasteiger partial charge in [0.15, 0.2) is 0 Å². The van der Waals surface area contributed by atoms with Gasteiger partial charge < -0.3 is 10.4 Å². The number of benzene rings is 2. The van der Waals surface area contributed by atoms with Crippen molar-refractivity contribution in [1.82, 2.24) is 14.4 Å². The fourth-order valence-corrected chi connectivity index (χ4v) is 3.64. The molecule has 26 heavy (non-hydrogen) atoms. The lowest BCUT2D eigenvalue weighted by Crippen LogP contribution is -2.32. The van der Waals surface area contributed by atoms with Crippen LogP contribution in [-0.2, 0) is 4.79 Å². The summed E-state index contributed by atoms with van der Waals surface area (Å²) in [7, 11) is 0. The van der Waals surface area contributed by atoms with Crippen molar-refractivity contribution in [2.45, 2.75) is 12.3 Å². The van der Waals surface area contributed by atoms with Crippen LogP contribution in [0.15, 0.2) is 53.3 Å². The number of carbonyl (C=O) groups is 1. The predicted molar refractivity (Wildman–Crippen MR) is 96.5 cm³/mol. The van der Waals surface area contributed by atoms with Crippen LogP contribution in [0.25, 0.3) is 16.8 Å². The van der Waals surface area contributed by atoms with E-state index in [9.17, 15) is 14.7 Å². The molecule has 4 aromatic rings. The number of aromatic nitrogens is 3. The summed E-state index contributed by atoms with van der Waals surface area (Å²) in [6, 6.07) is 14.1. The van der Waals surface area contributed by atoms with E-state index >= 15 is 0 Å². The highest BCUT2D eigenvalue weighted by atomic mass is 16.3. The Hall–Kier alpha value is -3.61. The van der Waals surface area contributed by atoms with Crippen LogP contribution >= 0.6 is 0 Å². The van der Waals surface area contributed by atoms with Crippen LogP contribution in [-0.4, -0.2) is 25.4 Å². The van der Waals surface area contributed by atoms with Gasteiger partial charge in [-0.3, -0.25) is 19.0 Å². The second-order valence-corrected chi connectivity index (χ2v) is 6.37. The summed E-state index contributed by atoms with van der Waals surface area (Å²) < 4.78 is 1.77. The van der Waals surface area contributed by atoms with E-state index in [2.05, 4.69) is 15.3 Å². The van der Waals surface area contributed by atoms with Gasteiger partial charge in [-0.2, -0.15) is 0 Å². The zero-order chi connectivity index (χ0) is 17.8. The number of fused-ring (bicyclic) bond motifs is 5. The van der Waals surface area contributed by atoms with E-state index < -0.39 is 5.92 Å². The summed E-state index contributed by atoms with van der Waals surface area (Å²) >= 11 is 0. The number of hydrogen-bond donors (Lipinski definition) is 3. The zero-order valence-corrected chi connectivity index (χ0v) is 13.6. The number of amides is 1. The Labute approximate surface area is 146 Å². The number of anilines is 1. The minimum atomic E-state index is -0.395. The fourth-order valence-electron chi connectivity index (χ4n) is 3.64. The van der Waals surface area contributed by atoms with Crippen LogP contribution in [0.4, 0.5) is 5.82 Å². The van der Waals surface area contributed by atoms with Gasteiger partial charge in [0.1, 0.15) is 11.6 Å². The molecule has 0 bridgehead atoms. The standard InChI is InChI=1S/C19H14N4O3/c24-11-7-5-10(6-8-11)12-9-15(25)21-17-16(12)18(26)22-19-20-13-3-1-2-4-14(13)23(17)19/h1-8,12,24H,9H2,(H,21,25)(H,20,22,26). The molecule has 1 aliphatic rings. The van der Waals surface area contributed by atoms with Crippen molar-refractivity contribution in [2.75, 3.05) is 5.32 Å². The Kier molecular flexibility index (Phi) is 2.94. The quantitative estimate of drug-likeness (QED) is 0.493. The molecule has 0 spiro atoms. The van der Waals surface area contributed by atoms with Gasteiger partial charge in [-0.1, -0.05) is 24.3 Å². The van der Waals surface area contributed by atoms with E-state index in [0.717, 1.165) is 16.6 Å². The first kappa shape index (κ1) is 14.7. The molecule has 128 valence electrons. The number of aromatic amines is 1. The molecule has 7 heteroatoms. The summed E-state index contributed by atoms with van der Waals surface area (Å²) in [6.45, 7) is 0. The van der Waals surface area contributed by atoms with Crippen LogP contribution in [0.1, 0.15) is 23.5 Å². The normalized spacial score (nSPS) is 16.6. The van der Waals surface area contributed by atoms with Gasteiger partial charge in [0.05, 0.1) is 16.6 Å². The minimum absolute atomic E-state index is 0.138. The largest absolute Gasteiger partial charge is 0.508 e. The fraction of sp³-hybridized carbons (Fsp3) is 0.105. The molecule has 1 aliphatic heterocycles. The highest BCUT2D eigenvalue weighted by Crippen LogP contribution is 2.36. The molecule has 0 aliphatic carbocycles. The average molecular weight is 346 g/mol. The third kappa shape index (κ3) is 2.03. The molecule has 7 nitrogen and oxygen atoms in total. The van der Waals surface area contributed by atoms with Crippen LogP contribution < -0.4 is 10.9 Å². The number of carbonyl (C=O) groups excluding carboxylic acids is 1. The van der Waals surface area contributed by atoms with Gasteiger partial charge in [-0.15, -0.1) is 0 Å². The zero-order valence-electron chi connectivity index (χ0n) is 13.6. The Morgan fingerprint density at radius 2 is 1.85 bits per heavy atom. The molecule has 5 rings (SSSR count). The molecule has 1 amide bonds. The monoisotopic (exact) mass is 346 g/mol. The first-order valence-electron chi connectivity index (χ1n) is 8.24. The van der Waals surface area contributed by atoms with Gasteiger partial charge >= 0.3 is 0 Å². The highest BCUT2D eigenvalue weighted by molar-refractivity contribution is 5.96. The second-order valence-electron chi connectivity index (χ2n) is 6.37. The lowest BCUT2D eigenvalue weighted by molar-refractivity contribution is -0.116. The van der Waals surface area contributed by atoms with Crippen LogP contribution in [0.3, 0.4) is 0 Å². The number of phenols is 1. The Morgan fingerprint density at radius 1 is 1.08 bits per heavy atom. The Balaban J connectivity index is 1.85. The molecule has 2 aromatic heterocycles. The van der Waals surface area contributed by atoms with Crippen LogP contribution in [0.5, 0.6) is 5.75 Å². The number of nitrogens with zero attached hydrogens (tertiary/aromatic N) is 2. The Morgan fingerprint density at radius 3 is 2.65 bits per heavy atom. The van der Waals surface area contributed by atoms with Crippen LogP contribution in [0, 0.1) is 0 Å². The van der Waals surface area contributed by atoms with E-state index in [1.54, 1.807) is 28.7 Å². The van der Waals surface area contributed by atoms with Crippen molar-refractivity contribution >= 4 is 28.5 Å². The molecule has 3 N–H and O–H groups in total. The van der Waals surface area contributed by atoms with Crippen molar-refractivity contribution in [3.63, 3.8) is 0 Å². The number of imidazole rings is 1. The van der Waals surface area contributed by atoms with Crippen molar-refractivity contribution in [2.24, 2.45) is 0 Å². The number of para-hydroxylation sites is 2. The lowest BCUT2D eigenvalue weighted by atomic mass is 9.87.